The standard InChI is InChI=1S/C8H9ClN2O2/c1-5-6(4-10)2-7(9)3-8(5)11(12)13/h2-3H,4,10H2,1H3. The Labute approximate surface area is 80.5 Å². The van der Waals surface area contributed by atoms with Crippen LogP contribution < -0.4 is 5.73 Å². The first-order valence-electron chi connectivity index (χ1n) is 3.69. The number of benzene rings is 1. The lowest BCUT2D eigenvalue weighted by atomic mass is 10.1. The minimum atomic E-state index is -0.458. The topological polar surface area (TPSA) is 69.2 Å². The van der Waals surface area contributed by atoms with E-state index in [1.54, 1.807) is 13.0 Å². The summed E-state index contributed by atoms with van der Waals surface area (Å²) in [5.41, 5.74) is 6.72. The van der Waals surface area contributed by atoms with Gasteiger partial charge in [-0.25, -0.2) is 0 Å². The van der Waals surface area contributed by atoms with Crippen LogP contribution in [0.3, 0.4) is 0 Å². The average molecular weight is 201 g/mol. The van der Waals surface area contributed by atoms with Crippen molar-refractivity contribution in [3.63, 3.8) is 0 Å². The van der Waals surface area contributed by atoms with Crippen molar-refractivity contribution in [2.75, 3.05) is 0 Å². The molecule has 0 aromatic heterocycles. The van der Waals surface area contributed by atoms with E-state index in [1.165, 1.54) is 6.07 Å². The van der Waals surface area contributed by atoms with E-state index in [-0.39, 0.29) is 12.2 Å². The van der Waals surface area contributed by atoms with E-state index in [4.69, 9.17) is 17.3 Å². The number of nitro benzene ring substituents is 1. The third-order valence-corrected chi connectivity index (χ3v) is 2.09. The summed E-state index contributed by atoms with van der Waals surface area (Å²) in [5.74, 6) is 0. The molecule has 4 nitrogen and oxygen atoms in total. The quantitative estimate of drug-likeness (QED) is 0.587. The van der Waals surface area contributed by atoms with Crippen LogP contribution in [0.2, 0.25) is 5.02 Å². The predicted octanol–water partition coefficient (Wildman–Crippen LogP) is 2.02. The molecule has 0 aliphatic carbocycles. The Kier molecular flexibility index (Phi) is 2.85. The van der Waals surface area contributed by atoms with Crippen molar-refractivity contribution < 1.29 is 4.92 Å². The van der Waals surface area contributed by atoms with Gasteiger partial charge in [-0.2, -0.15) is 0 Å². The maximum atomic E-state index is 10.5. The lowest BCUT2D eigenvalue weighted by molar-refractivity contribution is -0.385. The smallest absolute Gasteiger partial charge is 0.274 e. The highest BCUT2D eigenvalue weighted by molar-refractivity contribution is 6.30. The fraction of sp³-hybridized carbons (Fsp3) is 0.250. The molecule has 0 saturated heterocycles. The van der Waals surface area contributed by atoms with Crippen molar-refractivity contribution in [3.8, 4) is 0 Å². The second-order valence-corrected chi connectivity index (χ2v) is 3.11. The molecule has 1 rings (SSSR count). The molecule has 1 aromatic rings. The number of halogens is 1. The summed E-state index contributed by atoms with van der Waals surface area (Å²) in [6, 6.07) is 2.97. The zero-order valence-corrected chi connectivity index (χ0v) is 7.84. The molecule has 0 spiro atoms. The molecule has 70 valence electrons. The first kappa shape index (κ1) is 9.95. The van der Waals surface area contributed by atoms with Gasteiger partial charge in [0, 0.05) is 23.2 Å². The van der Waals surface area contributed by atoms with E-state index in [0.717, 1.165) is 0 Å². The summed E-state index contributed by atoms with van der Waals surface area (Å²) in [6.45, 7) is 1.92. The van der Waals surface area contributed by atoms with Gasteiger partial charge in [0.15, 0.2) is 0 Å². The second-order valence-electron chi connectivity index (χ2n) is 2.67. The molecule has 0 bridgehead atoms. The summed E-state index contributed by atoms with van der Waals surface area (Å²) in [5, 5.41) is 10.9. The van der Waals surface area contributed by atoms with Crippen molar-refractivity contribution in [1.82, 2.24) is 0 Å². The maximum Gasteiger partial charge on any atom is 0.274 e. The lowest BCUT2D eigenvalue weighted by Crippen LogP contribution is -2.02. The molecule has 0 amide bonds. The molecule has 1 aromatic carbocycles. The third-order valence-electron chi connectivity index (χ3n) is 1.87. The van der Waals surface area contributed by atoms with Crippen molar-refractivity contribution in [3.05, 3.63) is 38.4 Å². The Morgan fingerprint density at radius 3 is 2.69 bits per heavy atom. The van der Waals surface area contributed by atoms with E-state index in [2.05, 4.69) is 0 Å². The Balaban J connectivity index is 3.35. The van der Waals surface area contributed by atoms with Gasteiger partial charge in [0.1, 0.15) is 0 Å². The van der Waals surface area contributed by atoms with E-state index < -0.39 is 4.92 Å². The van der Waals surface area contributed by atoms with Crippen molar-refractivity contribution in [2.45, 2.75) is 13.5 Å². The Morgan fingerprint density at radius 2 is 2.23 bits per heavy atom. The highest BCUT2D eigenvalue weighted by atomic mass is 35.5. The van der Waals surface area contributed by atoms with Crippen molar-refractivity contribution >= 4 is 17.3 Å². The first-order valence-corrected chi connectivity index (χ1v) is 4.07. The lowest BCUT2D eigenvalue weighted by Gasteiger charge is -2.03. The van der Waals surface area contributed by atoms with Crippen LogP contribution in [-0.4, -0.2) is 4.92 Å². The summed E-state index contributed by atoms with van der Waals surface area (Å²) in [7, 11) is 0. The second kappa shape index (κ2) is 3.72. The summed E-state index contributed by atoms with van der Waals surface area (Å²) in [6.07, 6.45) is 0. The highest BCUT2D eigenvalue weighted by Crippen LogP contribution is 2.25. The zero-order chi connectivity index (χ0) is 10.0. The molecule has 0 saturated carbocycles. The number of hydrogen-bond acceptors (Lipinski definition) is 3. The van der Waals surface area contributed by atoms with Gasteiger partial charge >= 0.3 is 0 Å². The number of nitro groups is 1. The Bertz CT molecular complexity index is 352. The fourth-order valence-corrected chi connectivity index (χ4v) is 1.36. The van der Waals surface area contributed by atoms with Crippen LogP contribution >= 0.6 is 11.6 Å². The summed E-state index contributed by atoms with van der Waals surface area (Å²) < 4.78 is 0. The van der Waals surface area contributed by atoms with Gasteiger partial charge in [0.05, 0.1) is 4.92 Å². The van der Waals surface area contributed by atoms with Gasteiger partial charge in [-0.15, -0.1) is 0 Å². The van der Waals surface area contributed by atoms with E-state index >= 15 is 0 Å². The molecule has 0 heterocycles. The summed E-state index contributed by atoms with van der Waals surface area (Å²) >= 11 is 5.68. The van der Waals surface area contributed by atoms with Gasteiger partial charge in [-0.1, -0.05) is 11.6 Å². The van der Waals surface area contributed by atoms with Gasteiger partial charge in [0.25, 0.3) is 5.69 Å². The molecule has 0 aliphatic heterocycles. The van der Waals surface area contributed by atoms with Crippen LogP contribution in [0.1, 0.15) is 11.1 Å². The van der Waals surface area contributed by atoms with Gasteiger partial charge < -0.3 is 5.73 Å². The predicted molar refractivity (Wildman–Crippen MR) is 50.7 cm³/mol. The van der Waals surface area contributed by atoms with Crippen LogP contribution in [0.15, 0.2) is 12.1 Å². The van der Waals surface area contributed by atoms with Crippen LogP contribution in [0.4, 0.5) is 5.69 Å². The molecule has 2 N–H and O–H groups in total. The van der Waals surface area contributed by atoms with E-state index in [0.29, 0.717) is 16.1 Å². The molecule has 0 unspecified atom stereocenters. The molecule has 0 atom stereocenters. The fourth-order valence-electron chi connectivity index (χ4n) is 1.12. The number of hydrogen-bond donors (Lipinski definition) is 1. The number of nitrogens with zero attached hydrogens (tertiary/aromatic N) is 1. The zero-order valence-electron chi connectivity index (χ0n) is 7.08. The van der Waals surface area contributed by atoms with Crippen LogP contribution in [0.25, 0.3) is 0 Å². The largest absolute Gasteiger partial charge is 0.326 e. The molecular weight excluding hydrogens is 192 g/mol. The Morgan fingerprint density at radius 1 is 1.62 bits per heavy atom. The summed E-state index contributed by atoms with van der Waals surface area (Å²) in [4.78, 5) is 10.1. The highest BCUT2D eigenvalue weighted by Gasteiger charge is 2.14. The minimum Gasteiger partial charge on any atom is -0.326 e. The van der Waals surface area contributed by atoms with Gasteiger partial charge in [-0.05, 0) is 18.6 Å². The van der Waals surface area contributed by atoms with Crippen molar-refractivity contribution in [1.29, 1.82) is 0 Å². The average Bonchev–Trinajstić information content (AvgIpc) is 2.08. The van der Waals surface area contributed by atoms with Crippen molar-refractivity contribution in [2.24, 2.45) is 5.73 Å². The van der Waals surface area contributed by atoms with Gasteiger partial charge in [-0.3, -0.25) is 10.1 Å². The van der Waals surface area contributed by atoms with Crippen LogP contribution in [-0.2, 0) is 6.54 Å². The van der Waals surface area contributed by atoms with Gasteiger partial charge in [0.2, 0.25) is 0 Å². The molecule has 13 heavy (non-hydrogen) atoms. The Hall–Kier alpha value is -1.13. The van der Waals surface area contributed by atoms with E-state index in [9.17, 15) is 10.1 Å². The van der Waals surface area contributed by atoms with Crippen LogP contribution in [0, 0.1) is 17.0 Å². The number of nitrogens with two attached hydrogens (primary N) is 1. The molecule has 0 radical (unpaired) electrons. The SMILES string of the molecule is Cc1c(CN)cc(Cl)cc1[N+](=O)[O-]. The maximum absolute atomic E-state index is 10.5. The molecular formula is C8H9ClN2O2. The third kappa shape index (κ3) is 1.96. The normalized spacial score (nSPS) is 10.1. The molecule has 0 aliphatic rings. The number of rotatable bonds is 2. The molecule has 5 heteroatoms. The van der Waals surface area contributed by atoms with Crippen LogP contribution in [0.5, 0.6) is 0 Å². The minimum absolute atomic E-state index is 0.0213. The van der Waals surface area contributed by atoms with E-state index in [1.807, 2.05) is 0 Å². The first-order chi connectivity index (χ1) is 6.06. The molecule has 0 fully saturated rings. The monoisotopic (exact) mass is 200 g/mol.